The molecule has 1 heterocycles. The van der Waals surface area contributed by atoms with Gasteiger partial charge in [-0.3, -0.25) is 14.5 Å². The van der Waals surface area contributed by atoms with E-state index >= 15 is 0 Å². The summed E-state index contributed by atoms with van der Waals surface area (Å²) in [6, 6.07) is 0. The lowest BCUT2D eigenvalue weighted by Crippen LogP contribution is -2.47. The maximum atomic E-state index is 12.4. The van der Waals surface area contributed by atoms with E-state index in [0.29, 0.717) is 6.54 Å². The molecule has 1 saturated heterocycles. The van der Waals surface area contributed by atoms with Crippen molar-refractivity contribution in [2.75, 3.05) is 45.9 Å². The molecule has 2 amide bonds. The number of amides is 2. The van der Waals surface area contributed by atoms with E-state index in [2.05, 4.69) is 22.5 Å². The lowest BCUT2D eigenvalue weighted by Gasteiger charge is -2.57. The average Bonchev–Trinajstić information content (AvgIpc) is 2.66. The van der Waals surface area contributed by atoms with Crippen molar-refractivity contribution in [3.05, 3.63) is 11.6 Å². The van der Waals surface area contributed by atoms with Gasteiger partial charge in [-0.25, -0.2) is 0 Å². The minimum absolute atomic E-state index is 0.0482. The summed E-state index contributed by atoms with van der Waals surface area (Å²) in [5, 5.41) is 5.66. The molecule has 0 aromatic heterocycles. The Kier molecular flexibility index (Phi) is 6.07. The van der Waals surface area contributed by atoms with Gasteiger partial charge in [0.25, 0.3) is 0 Å². The van der Waals surface area contributed by atoms with Gasteiger partial charge < -0.3 is 15.4 Å². The predicted molar refractivity (Wildman–Crippen MR) is 108 cm³/mol. The van der Waals surface area contributed by atoms with Gasteiger partial charge in [-0.1, -0.05) is 5.57 Å². The highest BCUT2D eigenvalue weighted by molar-refractivity contribution is 5.91. The zero-order valence-corrected chi connectivity index (χ0v) is 17.2. The minimum atomic E-state index is -0.128. The van der Waals surface area contributed by atoms with Gasteiger partial charge >= 0.3 is 0 Å². The summed E-state index contributed by atoms with van der Waals surface area (Å²) in [5.74, 6) is 2.36. The first kappa shape index (κ1) is 19.9. The average molecular weight is 390 g/mol. The van der Waals surface area contributed by atoms with Crippen molar-refractivity contribution in [3.63, 3.8) is 0 Å². The van der Waals surface area contributed by atoms with Crippen LogP contribution in [0.4, 0.5) is 0 Å². The number of nitrogens with zero attached hydrogens (tertiary/aromatic N) is 1. The van der Waals surface area contributed by atoms with Gasteiger partial charge in [0, 0.05) is 32.3 Å². The number of carbonyl (C=O) groups is 2. The molecule has 4 saturated carbocycles. The number of carbonyl (C=O) groups excluding carboxylic acids is 2. The molecule has 0 aromatic carbocycles. The first-order valence-corrected chi connectivity index (χ1v) is 11.1. The number of nitrogens with one attached hydrogen (secondary N) is 2. The second kappa shape index (κ2) is 8.54. The van der Waals surface area contributed by atoms with Crippen molar-refractivity contribution in [3.8, 4) is 0 Å². The highest BCUT2D eigenvalue weighted by Crippen LogP contribution is 2.62. The van der Waals surface area contributed by atoms with Gasteiger partial charge in [0.05, 0.1) is 19.8 Å². The summed E-state index contributed by atoms with van der Waals surface area (Å²) >= 11 is 0. The molecule has 1 aliphatic heterocycles. The molecule has 0 aromatic rings. The van der Waals surface area contributed by atoms with Crippen LogP contribution in [0.25, 0.3) is 0 Å². The molecule has 6 heteroatoms. The molecular formula is C22H35N3O3. The van der Waals surface area contributed by atoms with Gasteiger partial charge in [0.2, 0.25) is 11.8 Å². The molecule has 5 aliphatic rings. The van der Waals surface area contributed by atoms with Crippen LogP contribution in [-0.4, -0.2) is 62.7 Å². The highest BCUT2D eigenvalue weighted by atomic mass is 16.5. The zero-order chi connectivity index (χ0) is 19.6. The molecule has 0 spiro atoms. The van der Waals surface area contributed by atoms with Crippen molar-refractivity contribution in [1.29, 1.82) is 0 Å². The Morgan fingerprint density at radius 2 is 1.64 bits per heavy atom. The number of hydrogen-bond donors (Lipinski definition) is 2. The third kappa shape index (κ3) is 4.60. The van der Waals surface area contributed by atoms with Gasteiger partial charge in [-0.05, 0) is 68.6 Å². The highest BCUT2D eigenvalue weighted by Gasteiger charge is 2.51. The van der Waals surface area contributed by atoms with E-state index in [1.165, 1.54) is 44.1 Å². The summed E-state index contributed by atoms with van der Waals surface area (Å²) in [7, 11) is 0. The standard InChI is InChI=1S/C22H35N3O3/c1-16(22-12-17-9-18(13-22)11-19(10-17)14-22)8-20(26)24-15-21(27)23-2-3-25-4-6-28-7-5-25/h8,17-19H,2-7,9-15H2,1H3,(H,23,27)(H,24,26). The minimum Gasteiger partial charge on any atom is -0.379 e. The molecule has 0 atom stereocenters. The third-order valence-electron chi connectivity index (χ3n) is 7.50. The summed E-state index contributed by atoms with van der Waals surface area (Å²) < 4.78 is 5.32. The quantitative estimate of drug-likeness (QED) is 0.651. The molecule has 5 fully saturated rings. The molecule has 6 nitrogen and oxygen atoms in total. The Hall–Kier alpha value is -1.40. The smallest absolute Gasteiger partial charge is 0.244 e. The first-order chi connectivity index (χ1) is 13.5. The summed E-state index contributed by atoms with van der Waals surface area (Å²) in [6.45, 7) is 6.98. The van der Waals surface area contributed by atoms with Crippen LogP contribution in [0, 0.1) is 23.2 Å². The van der Waals surface area contributed by atoms with E-state index in [9.17, 15) is 9.59 Å². The third-order valence-corrected chi connectivity index (χ3v) is 7.50. The van der Waals surface area contributed by atoms with Crippen molar-refractivity contribution >= 4 is 11.8 Å². The van der Waals surface area contributed by atoms with Crippen LogP contribution in [-0.2, 0) is 14.3 Å². The van der Waals surface area contributed by atoms with Crippen molar-refractivity contribution in [2.24, 2.45) is 23.2 Å². The van der Waals surface area contributed by atoms with Crippen molar-refractivity contribution in [2.45, 2.75) is 45.4 Å². The molecular weight excluding hydrogens is 354 g/mol. The van der Waals surface area contributed by atoms with E-state index < -0.39 is 0 Å². The molecule has 28 heavy (non-hydrogen) atoms. The fourth-order valence-electron chi connectivity index (χ4n) is 6.40. The second-order valence-electron chi connectivity index (χ2n) is 9.55. The fourth-order valence-corrected chi connectivity index (χ4v) is 6.40. The molecule has 4 bridgehead atoms. The monoisotopic (exact) mass is 389 g/mol. The topological polar surface area (TPSA) is 70.7 Å². The lowest BCUT2D eigenvalue weighted by molar-refractivity contribution is -0.124. The number of morpholine rings is 1. The molecule has 0 radical (unpaired) electrons. The van der Waals surface area contributed by atoms with Gasteiger partial charge in [0.15, 0.2) is 0 Å². The summed E-state index contributed by atoms with van der Waals surface area (Å²) in [4.78, 5) is 26.7. The van der Waals surface area contributed by atoms with E-state index in [1.54, 1.807) is 6.08 Å². The number of hydrogen-bond acceptors (Lipinski definition) is 4. The van der Waals surface area contributed by atoms with Gasteiger partial charge in [-0.15, -0.1) is 0 Å². The van der Waals surface area contributed by atoms with Crippen molar-refractivity contribution < 1.29 is 14.3 Å². The molecule has 4 aliphatic carbocycles. The summed E-state index contributed by atoms with van der Waals surface area (Å²) in [5.41, 5.74) is 1.49. The van der Waals surface area contributed by atoms with Crippen LogP contribution < -0.4 is 10.6 Å². The molecule has 156 valence electrons. The van der Waals surface area contributed by atoms with E-state index in [0.717, 1.165) is 50.6 Å². The molecule has 0 unspecified atom stereocenters. The van der Waals surface area contributed by atoms with E-state index in [1.807, 2.05) is 0 Å². The molecule has 5 rings (SSSR count). The van der Waals surface area contributed by atoms with Crippen LogP contribution in [0.5, 0.6) is 0 Å². The maximum Gasteiger partial charge on any atom is 0.244 e. The Balaban J connectivity index is 1.20. The van der Waals surface area contributed by atoms with Crippen LogP contribution >= 0.6 is 0 Å². The van der Waals surface area contributed by atoms with Gasteiger partial charge in [0.1, 0.15) is 0 Å². The lowest BCUT2D eigenvalue weighted by atomic mass is 9.48. The summed E-state index contributed by atoms with van der Waals surface area (Å²) in [6.07, 6.45) is 9.77. The maximum absolute atomic E-state index is 12.4. The fraction of sp³-hybridized carbons (Fsp3) is 0.818. The van der Waals surface area contributed by atoms with E-state index in [4.69, 9.17) is 4.74 Å². The zero-order valence-electron chi connectivity index (χ0n) is 17.2. The Morgan fingerprint density at radius 1 is 1.04 bits per heavy atom. The SMILES string of the molecule is CC(=CC(=O)NCC(=O)NCCN1CCOCC1)C12CC3CC(CC(C3)C1)C2. The number of ether oxygens (including phenoxy) is 1. The Morgan fingerprint density at radius 3 is 2.25 bits per heavy atom. The van der Waals surface area contributed by atoms with Crippen LogP contribution in [0.15, 0.2) is 11.6 Å². The van der Waals surface area contributed by atoms with Crippen LogP contribution in [0.1, 0.15) is 45.4 Å². The number of allylic oxidation sites excluding steroid dienone is 1. The second-order valence-corrected chi connectivity index (χ2v) is 9.55. The largest absolute Gasteiger partial charge is 0.379 e. The van der Waals surface area contributed by atoms with Crippen LogP contribution in [0.3, 0.4) is 0 Å². The predicted octanol–water partition coefficient (Wildman–Crippen LogP) is 1.71. The number of rotatable bonds is 7. The Bertz CT molecular complexity index is 589. The molecule has 2 N–H and O–H groups in total. The van der Waals surface area contributed by atoms with E-state index in [-0.39, 0.29) is 23.8 Å². The van der Waals surface area contributed by atoms with Crippen LogP contribution in [0.2, 0.25) is 0 Å². The van der Waals surface area contributed by atoms with Gasteiger partial charge in [-0.2, -0.15) is 0 Å². The van der Waals surface area contributed by atoms with Crippen molar-refractivity contribution in [1.82, 2.24) is 15.5 Å². The first-order valence-electron chi connectivity index (χ1n) is 11.1. The normalized spacial score (nSPS) is 35.0. The Labute approximate surface area is 168 Å².